The van der Waals surface area contributed by atoms with Crippen LogP contribution in [0.5, 0.6) is 0 Å². The predicted octanol–water partition coefficient (Wildman–Crippen LogP) is 2.37. The van der Waals surface area contributed by atoms with Crippen LogP contribution in [0.3, 0.4) is 0 Å². The SMILES string of the molecule is CC(N)=C(C=NC1CC(C=O)C1)c1cnc2ccccc2n1. The zero-order valence-electron chi connectivity index (χ0n) is 12.4. The van der Waals surface area contributed by atoms with E-state index in [9.17, 15) is 4.79 Å². The van der Waals surface area contributed by atoms with Gasteiger partial charge in [-0.05, 0) is 31.9 Å². The minimum absolute atomic E-state index is 0.161. The van der Waals surface area contributed by atoms with Gasteiger partial charge in [-0.2, -0.15) is 0 Å². The summed E-state index contributed by atoms with van der Waals surface area (Å²) in [5.74, 6) is 0.161. The normalized spacial score (nSPS) is 22.4. The largest absolute Gasteiger partial charge is 0.402 e. The first-order valence-corrected chi connectivity index (χ1v) is 7.34. The summed E-state index contributed by atoms with van der Waals surface area (Å²) < 4.78 is 0. The van der Waals surface area contributed by atoms with E-state index in [-0.39, 0.29) is 12.0 Å². The summed E-state index contributed by atoms with van der Waals surface area (Å²) in [4.78, 5) is 24.2. The number of aromatic nitrogens is 2. The number of nitrogens with zero attached hydrogens (tertiary/aromatic N) is 3. The number of allylic oxidation sites excluding steroid dienone is 2. The lowest BCUT2D eigenvalue weighted by Crippen LogP contribution is -2.28. The molecule has 1 fully saturated rings. The second-order valence-corrected chi connectivity index (χ2v) is 5.64. The molecule has 0 atom stereocenters. The third-order valence-corrected chi connectivity index (χ3v) is 3.91. The Morgan fingerprint density at radius 2 is 2.05 bits per heavy atom. The second-order valence-electron chi connectivity index (χ2n) is 5.64. The first-order chi connectivity index (χ1) is 10.7. The molecule has 0 spiro atoms. The van der Waals surface area contributed by atoms with Gasteiger partial charge in [0.15, 0.2) is 0 Å². The number of aldehydes is 1. The van der Waals surface area contributed by atoms with E-state index in [1.165, 1.54) is 0 Å². The van der Waals surface area contributed by atoms with Gasteiger partial charge in [-0.15, -0.1) is 0 Å². The highest BCUT2D eigenvalue weighted by Crippen LogP contribution is 2.28. The van der Waals surface area contributed by atoms with Crippen LogP contribution in [0, 0.1) is 5.92 Å². The van der Waals surface area contributed by atoms with Crippen LogP contribution in [0.15, 0.2) is 41.2 Å². The second kappa shape index (κ2) is 6.05. The van der Waals surface area contributed by atoms with Crippen molar-refractivity contribution in [3.63, 3.8) is 0 Å². The molecule has 0 radical (unpaired) electrons. The summed E-state index contributed by atoms with van der Waals surface area (Å²) in [6.45, 7) is 1.83. The van der Waals surface area contributed by atoms with Crippen molar-refractivity contribution in [3.8, 4) is 0 Å². The monoisotopic (exact) mass is 294 g/mol. The van der Waals surface area contributed by atoms with E-state index < -0.39 is 0 Å². The minimum Gasteiger partial charge on any atom is -0.402 e. The van der Waals surface area contributed by atoms with Crippen LogP contribution < -0.4 is 5.73 Å². The van der Waals surface area contributed by atoms with Crippen molar-refractivity contribution < 1.29 is 4.79 Å². The lowest BCUT2D eigenvalue weighted by atomic mass is 9.82. The highest BCUT2D eigenvalue weighted by atomic mass is 16.1. The average molecular weight is 294 g/mol. The highest BCUT2D eigenvalue weighted by Gasteiger charge is 2.27. The van der Waals surface area contributed by atoms with Gasteiger partial charge in [-0.25, -0.2) is 4.98 Å². The Balaban J connectivity index is 1.86. The lowest BCUT2D eigenvalue weighted by Gasteiger charge is -2.27. The highest BCUT2D eigenvalue weighted by molar-refractivity contribution is 6.10. The van der Waals surface area contributed by atoms with Crippen LogP contribution in [0.1, 0.15) is 25.5 Å². The van der Waals surface area contributed by atoms with E-state index in [1.807, 2.05) is 31.2 Å². The molecule has 0 unspecified atom stereocenters. The fourth-order valence-corrected chi connectivity index (χ4v) is 2.50. The molecule has 1 aliphatic carbocycles. The molecular formula is C17H18N4O. The van der Waals surface area contributed by atoms with Crippen molar-refractivity contribution in [3.05, 3.63) is 41.9 Å². The Labute approximate surface area is 129 Å². The number of para-hydroxylation sites is 2. The van der Waals surface area contributed by atoms with Crippen LogP contribution >= 0.6 is 0 Å². The van der Waals surface area contributed by atoms with Crippen molar-refractivity contribution >= 4 is 29.1 Å². The van der Waals surface area contributed by atoms with E-state index in [2.05, 4.69) is 15.0 Å². The molecule has 22 heavy (non-hydrogen) atoms. The molecule has 0 amide bonds. The van der Waals surface area contributed by atoms with Crippen molar-refractivity contribution in [1.29, 1.82) is 0 Å². The molecule has 3 rings (SSSR count). The number of benzene rings is 1. The Kier molecular flexibility index (Phi) is 3.96. The molecule has 0 bridgehead atoms. The summed E-state index contributed by atoms with van der Waals surface area (Å²) in [5.41, 5.74) is 9.81. The fourth-order valence-electron chi connectivity index (χ4n) is 2.50. The first-order valence-electron chi connectivity index (χ1n) is 7.34. The molecule has 2 N–H and O–H groups in total. The Morgan fingerprint density at radius 3 is 2.73 bits per heavy atom. The zero-order valence-corrected chi connectivity index (χ0v) is 12.4. The molecule has 2 aromatic rings. The maximum atomic E-state index is 10.6. The zero-order chi connectivity index (χ0) is 15.5. The van der Waals surface area contributed by atoms with Gasteiger partial charge in [0.2, 0.25) is 0 Å². The molecule has 112 valence electrons. The van der Waals surface area contributed by atoms with Gasteiger partial charge in [0.25, 0.3) is 0 Å². The van der Waals surface area contributed by atoms with E-state index >= 15 is 0 Å². The molecule has 5 heteroatoms. The van der Waals surface area contributed by atoms with Gasteiger partial charge in [-0.1, -0.05) is 12.1 Å². The third-order valence-electron chi connectivity index (χ3n) is 3.91. The molecule has 1 aromatic carbocycles. The molecule has 1 heterocycles. The maximum Gasteiger partial charge on any atom is 0.123 e. The average Bonchev–Trinajstić information content (AvgIpc) is 2.49. The molecule has 0 saturated heterocycles. The quantitative estimate of drug-likeness (QED) is 0.693. The van der Waals surface area contributed by atoms with Gasteiger partial charge in [0.05, 0.1) is 29.0 Å². The Morgan fingerprint density at radius 1 is 1.32 bits per heavy atom. The van der Waals surface area contributed by atoms with Gasteiger partial charge in [0.1, 0.15) is 6.29 Å². The number of carbonyl (C=O) groups is 1. The van der Waals surface area contributed by atoms with Crippen LogP contribution in [0.25, 0.3) is 16.6 Å². The number of aliphatic imine (C=N–C) groups is 1. The topological polar surface area (TPSA) is 81.2 Å². The summed E-state index contributed by atoms with van der Waals surface area (Å²) in [5, 5.41) is 0. The minimum atomic E-state index is 0.161. The van der Waals surface area contributed by atoms with Crippen molar-refractivity contribution in [2.45, 2.75) is 25.8 Å². The van der Waals surface area contributed by atoms with Gasteiger partial charge in [0, 0.05) is 23.4 Å². The molecular weight excluding hydrogens is 276 g/mol. The van der Waals surface area contributed by atoms with E-state index in [4.69, 9.17) is 5.73 Å². The number of carbonyl (C=O) groups excluding carboxylic acids is 1. The van der Waals surface area contributed by atoms with Gasteiger partial charge in [-0.3, -0.25) is 9.98 Å². The van der Waals surface area contributed by atoms with Crippen LogP contribution in [0.4, 0.5) is 0 Å². The molecule has 1 saturated carbocycles. The molecule has 5 nitrogen and oxygen atoms in total. The van der Waals surface area contributed by atoms with Crippen LogP contribution in [-0.2, 0) is 4.79 Å². The van der Waals surface area contributed by atoms with Crippen molar-refractivity contribution in [2.24, 2.45) is 16.6 Å². The van der Waals surface area contributed by atoms with Gasteiger partial charge < -0.3 is 10.5 Å². The first kappa shape index (κ1) is 14.4. The fraction of sp³-hybridized carbons (Fsp3) is 0.294. The Hall–Kier alpha value is -2.56. The number of fused-ring (bicyclic) bond motifs is 1. The lowest BCUT2D eigenvalue weighted by molar-refractivity contribution is -0.113. The van der Waals surface area contributed by atoms with Crippen molar-refractivity contribution in [1.82, 2.24) is 9.97 Å². The number of rotatable bonds is 4. The molecule has 1 aromatic heterocycles. The van der Waals surface area contributed by atoms with Crippen molar-refractivity contribution in [2.75, 3.05) is 0 Å². The summed E-state index contributed by atoms with van der Waals surface area (Å²) in [7, 11) is 0. The van der Waals surface area contributed by atoms with Crippen LogP contribution in [-0.4, -0.2) is 28.5 Å². The third kappa shape index (κ3) is 2.88. The maximum absolute atomic E-state index is 10.6. The summed E-state index contributed by atoms with van der Waals surface area (Å²) in [6.07, 6.45) is 6.13. The number of hydrogen-bond donors (Lipinski definition) is 1. The molecule has 0 aliphatic heterocycles. The summed E-state index contributed by atoms with van der Waals surface area (Å²) >= 11 is 0. The standard InChI is InChI=1S/C17H18N4O/c1-11(18)14(8-19-13-6-12(7-13)10-22)17-9-20-15-4-2-3-5-16(15)21-17/h2-5,8-10,12-13H,6-7,18H2,1H3. The smallest absolute Gasteiger partial charge is 0.123 e. The van der Waals surface area contributed by atoms with E-state index in [1.54, 1.807) is 12.4 Å². The van der Waals surface area contributed by atoms with Crippen LogP contribution in [0.2, 0.25) is 0 Å². The molecule has 1 aliphatic rings. The number of hydrogen-bond acceptors (Lipinski definition) is 5. The number of nitrogens with two attached hydrogens (primary N) is 1. The summed E-state index contributed by atoms with van der Waals surface area (Å²) in [6, 6.07) is 7.92. The predicted molar refractivity (Wildman–Crippen MR) is 87.4 cm³/mol. The van der Waals surface area contributed by atoms with Gasteiger partial charge >= 0.3 is 0 Å². The van der Waals surface area contributed by atoms with E-state index in [0.717, 1.165) is 35.7 Å². The Bertz CT molecular complexity index is 756. The van der Waals surface area contributed by atoms with E-state index in [0.29, 0.717) is 11.4 Å².